The lowest BCUT2D eigenvalue weighted by molar-refractivity contribution is 1.03. The fourth-order valence-corrected chi connectivity index (χ4v) is 3.43. The minimum Gasteiger partial charge on any atom is -0.397 e. The van der Waals surface area contributed by atoms with E-state index in [-0.39, 0.29) is 0 Å². The zero-order valence-corrected chi connectivity index (χ0v) is 13.5. The first-order valence-corrected chi connectivity index (χ1v) is 8.57. The summed E-state index contributed by atoms with van der Waals surface area (Å²) in [6, 6.07) is 10.3. The summed E-state index contributed by atoms with van der Waals surface area (Å²) in [5.41, 5.74) is 8.15. The average Bonchev–Trinajstić information content (AvgIpc) is 2.81. The minimum absolute atomic E-state index is 0.535. The molecule has 3 nitrogen and oxygen atoms in total. The molecular formula is C16H17N3S2. The first-order valence-electron chi connectivity index (χ1n) is 6.52. The average molecular weight is 315 g/mol. The molecule has 0 aliphatic carbocycles. The topological polar surface area (TPSA) is 61.8 Å². The molecule has 1 aromatic carbocycles. The van der Waals surface area contributed by atoms with Crippen molar-refractivity contribution in [3.8, 4) is 6.07 Å². The van der Waals surface area contributed by atoms with Gasteiger partial charge in [0.1, 0.15) is 16.6 Å². The standard InChI is InChI=1S/C16H17N3S2/c1-3-4-5-14-15(18)13(10-17)16(21-14)19-11-6-8-12(20-2)9-7-11/h3,6-9,19H,1,4-5,18H2,2H3. The Kier molecular flexibility index (Phi) is 5.32. The van der Waals surface area contributed by atoms with Crippen molar-refractivity contribution in [3.05, 3.63) is 47.4 Å². The highest BCUT2D eigenvalue weighted by atomic mass is 32.2. The lowest BCUT2D eigenvalue weighted by Crippen LogP contribution is -1.93. The van der Waals surface area contributed by atoms with Crippen molar-refractivity contribution in [3.63, 3.8) is 0 Å². The quantitative estimate of drug-likeness (QED) is 0.594. The summed E-state index contributed by atoms with van der Waals surface area (Å²) in [5.74, 6) is 0. The number of thiophene rings is 1. The van der Waals surface area contributed by atoms with E-state index in [2.05, 4.69) is 30.1 Å². The maximum atomic E-state index is 9.31. The molecule has 2 rings (SSSR count). The van der Waals surface area contributed by atoms with Gasteiger partial charge in [-0.1, -0.05) is 6.08 Å². The molecule has 0 spiro atoms. The molecule has 0 fully saturated rings. The highest BCUT2D eigenvalue weighted by Crippen LogP contribution is 2.37. The Labute approximate surface area is 133 Å². The van der Waals surface area contributed by atoms with Crippen LogP contribution in [0.5, 0.6) is 0 Å². The zero-order valence-electron chi connectivity index (χ0n) is 11.8. The smallest absolute Gasteiger partial charge is 0.113 e. The van der Waals surface area contributed by atoms with Gasteiger partial charge in [-0.3, -0.25) is 0 Å². The maximum absolute atomic E-state index is 9.31. The van der Waals surface area contributed by atoms with Crippen LogP contribution in [0.1, 0.15) is 16.9 Å². The summed E-state index contributed by atoms with van der Waals surface area (Å²) >= 11 is 3.24. The number of nitrogens with two attached hydrogens (primary N) is 1. The van der Waals surface area contributed by atoms with Gasteiger partial charge in [-0.25, -0.2) is 0 Å². The van der Waals surface area contributed by atoms with Crippen molar-refractivity contribution < 1.29 is 0 Å². The van der Waals surface area contributed by atoms with E-state index in [1.165, 1.54) is 4.90 Å². The summed E-state index contributed by atoms with van der Waals surface area (Å²) in [7, 11) is 0. The molecule has 21 heavy (non-hydrogen) atoms. The summed E-state index contributed by atoms with van der Waals surface area (Å²) in [4.78, 5) is 2.24. The Balaban J connectivity index is 2.26. The minimum atomic E-state index is 0.535. The van der Waals surface area contributed by atoms with Gasteiger partial charge in [-0.05, 0) is 43.4 Å². The second-order valence-corrected chi connectivity index (χ2v) is 6.42. The molecule has 0 saturated carbocycles. The van der Waals surface area contributed by atoms with Crippen LogP contribution in [0.3, 0.4) is 0 Å². The Hall–Kier alpha value is -1.90. The van der Waals surface area contributed by atoms with Crippen molar-refractivity contribution in [2.45, 2.75) is 17.7 Å². The highest BCUT2D eigenvalue weighted by molar-refractivity contribution is 7.98. The van der Waals surface area contributed by atoms with E-state index in [1.54, 1.807) is 23.1 Å². The molecule has 0 amide bonds. The van der Waals surface area contributed by atoms with Crippen LogP contribution in [0.15, 0.2) is 41.8 Å². The number of benzene rings is 1. The third-order valence-corrected chi connectivity index (χ3v) is 4.98. The van der Waals surface area contributed by atoms with Crippen LogP contribution in [-0.2, 0) is 6.42 Å². The van der Waals surface area contributed by atoms with E-state index in [0.29, 0.717) is 11.3 Å². The Morgan fingerprint density at radius 3 is 2.71 bits per heavy atom. The number of nitrogens with one attached hydrogen (secondary N) is 1. The largest absolute Gasteiger partial charge is 0.397 e. The van der Waals surface area contributed by atoms with E-state index < -0.39 is 0 Å². The van der Waals surface area contributed by atoms with Crippen LogP contribution in [-0.4, -0.2) is 6.26 Å². The second kappa shape index (κ2) is 7.21. The summed E-state index contributed by atoms with van der Waals surface area (Å²) in [6.45, 7) is 3.72. The number of allylic oxidation sites excluding steroid dienone is 1. The first-order chi connectivity index (χ1) is 10.2. The number of thioether (sulfide) groups is 1. The van der Waals surface area contributed by atoms with Gasteiger partial charge in [0.25, 0.3) is 0 Å². The molecule has 0 aliphatic rings. The Morgan fingerprint density at radius 2 is 2.14 bits per heavy atom. The molecule has 0 atom stereocenters. The van der Waals surface area contributed by atoms with Crippen LogP contribution in [0.25, 0.3) is 0 Å². The molecule has 0 unspecified atom stereocenters. The van der Waals surface area contributed by atoms with Gasteiger partial charge in [0.2, 0.25) is 0 Å². The van der Waals surface area contributed by atoms with Crippen molar-refractivity contribution >= 4 is 39.5 Å². The Morgan fingerprint density at radius 1 is 1.43 bits per heavy atom. The highest BCUT2D eigenvalue weighted by Gasteiger charge is 2.15. The van der Waals surface area contributed by atoms with Gasteiger partial charge >= 0.3 is 0 Å². The lowest BCUT2D eigenvalue weighted by atomic mass is 10.2. The third kappa shape index (κ3) is 3.60. The van der Waals surface area contributed by atoms with Crippen LogP contribution in [0, 0.1) is 11.3 Å². The van der Waals surface area contributed by atoms with E-state index in [0.717, 1.165) is 28.4 Å². The number of rotatable bonds is 6. The van der Waals surface area contributed by atoms with Crippen molar-refractivity contribution in [1.29, 1.82) is 5.26 Å². The van der Waals surface area contributed by atoms with Crippen LogP contribution in [0.4, 0.5) is 16.4 Å². The molecule has 3 N–H and O–H groups in total. The zero-order chi connectivity index (χ0) is 15.2. The molecule has 0 bridgehead atoms. The number of hydrogen-bond donors (Lipinski definition) is 2. The number of nitrogens with zero attached hydrogens (tertiary/aromatic N) is 1. The number of nitrogen functional groups attached to an aromatic ring is 1. The number of aryl methyl sites for hydroxylation is 1. The molecule has 108 valence electrons. The normalized spacial score (nSPS) is 10.1. The van der Waals surface area contributed by atoms with Crippen molar-refractivity contribution in [2.24, 2.45) is 0 Å². The van der Waals surface area contributed by atoms with E-state index in [9.17, 15) is 5.26 Å². The Bertz CT molecular complexity index is 666. The van der Waals surface area contributed by atoms with Crippen LogP contribution in [0.2, 0.25) is 0 Å². The molecule has 0 saturated heterocycles. The lowest BCUT2D eigenvalue weighted by Gasteiger charge is -2.05. The van der Waals surface area contributed by atoms with Crippen LogP contribution < -0.4 is 11.1 Å². The van der Waals surface area contributed by atoms with Gasteiger partial charge in [0.05, 0.1) is 5.69 Å². The first kappa shape index (κ1) is 15.5. The molecule has 1 aromatic heterocycles. The second-order valence-electron chi connectivity index (χ2n) is 4.44. The van der Waals surface area contributed by atoms with Crippen molar-refractivity contribution in [2.75, 3.05) is 17.3 Å². The SMILES string of the molecule is C=CCCc1sc(Nc2ccc(SC)cc2)c(C#N)c1N. The van der Waals surface area contributed by atoms with Gasteiger partial charge in [0.15, 0.2) is 0 Å². The molecule has 1 heterocycles. The number of nitriles is 1. The monoisotopic (exact) mass is 315 g/mol. The molecule has 0 aliphatic heterocycles. The molecule has 2 aromatic rings. The van der Waals surface area contributed by atoms with Gasteiger partial charge in [0, 0.05) is 15.5 Å². The summed E-state index contributed by atoms with van der Waals surface area (Å²) in [5, 5.41) is 13.4. The summed E-state index contributed by atoms with van der Waals surface area (Å²) < 4.78 is 0. The van der Waals surface area contributed by atoms with Gasteiger partial charge < -0.3 is 11.1 Å². The maximum Gasteiger partial charge on any atom is 0.113 e. The predicted molar refractivity (Wildman–Crippen MR) is 93.5 cm³/mol. The van der Waals surface area contributed by atoms with Gasteiger partial charge in [-0.15, -0.1) is 29.7 Å². The third-order valence-electron chi connectivity index (χ3n) is 3.06. The molecular weight excluding hydrogens is 298 g/mol. The molecule has 0 radical (unpaired) electrons. The summed E-state index contributed by atoms with van der Waals surface area (Å²) in [6.07, 6.45) is 5.58. The predicted octanol–water partition coefficient (Wildman–Crippen LogP) is 4.79. The van der Waals surface area contributed by atoms with E-state index >= 15 is 0 Å². The fraction of sp³-hybridized carbons (Fsp3) is 0.188. The number of anilines is 3. The number of hydrogen-bond acceptors (Lipinski definition) is 5. The van der Waals surface area contributed by atoms with Gasteiger partial charge in [-0.2, -0.15) is 5.26 Å². The molecule has 5 heteroatoms. The van der Waals surface area contributed by atoms with Crippen LogP contribution >= 0.6 is 23.1 Å². The van der Waals surface area contributed by atoms with Crippen molar-refractivity contribution in [1.82, 2.24) is 0 Å². The van der Waals surface area contributed by atoms with E-state index in [1.807, 2.05) is 24.5 Å². The fourth-order valence-electron chi connectivity index (χ4n) is 1.91. The van der Waals surface area contributed by atoms with E-state index in [4.69, 9.17) is 5.73 Å².